The Kier molecular flexibility index (Phi) is 5.04. The molecule has 0 amide bonds. The Labute approximate surface area is 124 Å². The van der Waals surface area contributed by atoms with Crippen LogP contribution in [0.2, 0.25) is 5.02 Å². The van der Waals surface area contributed by atoms with Crippen molar-refractivity contribution in [2.75, 3.05) is 27.3 Å². The summed E-state index contributed by atoms with van der Waals surface area (Å²) < 4.78 is 31.9. The smallest absolute Gasteiger partial charge is 0.244 e. The van der Waals surface area contributed by atoms with E-state index < -0.39 is 10.0 Å². The summed E-state index contributed by atoms with van der Waals surface area (Å²) in [6.45, 7) is 1.62. The Morgan fingerprint density at radius 3 is 2.85 bits per heavy atom. The zero-order valence-electron chi connectivity index (χ0n) is 11.6. The third-order valence-electron chi connectivity index (χ3n) is 3.45. The lowest BCUT2D eigenvalue weighted by molar-refractivity contribution is 0.181. The Bertz CT molecular complexity index is 571. The molecule has 1 aromatic rings. The van der Waals surface area contributed by atoms with Gasteiger partial charge in [-0.1, -0.05) is 17.7 Å². The molecule has 1 unspecified atom stereocenters. The summed E-state index contributed by atoms with van der Waals surface area (Å²) in [5, 5.41) is 3.24. The number of nitrogens with zero attached hydrogens (tertiary/aromatic N) is 1. The van der Waals surface area contributed by atoms with Crippen molar-refractivity contribution in [2.45, 2.75) is 23.9 Å². The molecule has 1 aliphatic rings. The maximum absolute atomic E-state index is 12.7. The molecule has 1 aromatic carbocycles. The molecule has 1 fully saturated rings. The van der Waals surface area contributed by atoms with E-state index in [4.69, 9.17) is 16.3 Å². The van der Waals surface area contributed by atoms with E-state index in [-0.39, 0.29) is 16.0 Å². The summed E-state index contributed by atoms with van der Waals surface area (Å²) in [6.07, 6.45) is 0.712. The SMILES string of the molecule is CNCc1ccc(Cl)c(S(=O)(=O)N(C)C2CCOC2)c1. The van der Waals surface area contributed by atoms with Crippen molar-refractivity contribution >= 4 is 21.6 Å². The van der Waals surface area contributed by atoms with E-state index in [0.717, 1.165) is 5.56 Å². The van der Waals surface area contributed by atoms with Crippen LogP contribution in [0.4, 0.5) is 0 Å². The van der Waals surface area contributed by atoms with Crippen LogP contribution in [-0.4, -0.2) is 46.1 Å². The maximum atomic E-state index is 12.7. The second kappa shape index (κ2) is 6.41. The zero-order valence-corrected chi connectivity index (χ0v) is 13.2. The highest BCUT2D eigenvalue weighted by molar-refractivity contribution is 7.89. The van der Waals surface area contributed by atoms with Crippen molar-refractivity contribution in [1.82, 2.24) is 9.62 Å². The number of benzene rings is 1. The molecule has 1 atom stereocenters. The first kappa shape index (κ1) is 15.7. The quantitative estimate of drug-likeness (QED) is 0.893. The van der Waals surface area contributed by atoms with Crippen LogP contribution in [0, 0.1) is 0 Å². The van der Waals surface area contributed by atoms with Crippen molar-refractivity contribution in [2.24, 2.45) is 0 Å². The lowest BCUT2D eigenvalue weighted by atomic mass is 10.2. The molecule has 112 valence electrons. The molecule has 1 heterocycles. The largest absolute Gasteiger partial charge is 0.380 e. The van der Waals surface area contributed by atoms with Gasteiger partial charge in [0.25, 0.3) is 0 Å². The van der Waals surface area contributed by atoms with E-state index >= 15 is 0 Å². The number of halogens is 1. The number of likely N-dealkylation sites (N-methyl/N-ethyl adjacent to an activating group) is 1. The molecule has 0 saturated carbocycles. The molecule has 0 aromatic heterocycles. The second-order valence-electron chi connectivity index (χ2n) is 4.83. The summed E-state index contributed by atoms with van der Waals surface area (Å²) in [7, 11) is -0.211. The van der Waals surface area contributed by atoms with Crippen LogP contribution in [0.3, 0.4) is 0 Å². The maximum Gasteiger partial charge on any atom is 0.244 e. The van der Waals surface area contributed by atoms with E-state index in [2.05, 4.69) is 5.32 Å². The molecular formula is C13H19ClN2O3S. The molecule has 0 aliphatic carbocycles. The van der Waals surface area contributed by atoms with E-state index in [1.54, 1.807) is 19.2 Å². The van der Waals surface area contributed by atoms with Crippen LogP contribution in [0.25, 0.3) is 0 Å². The van der Waals surface area contributed by atoms with Gasteiger partial charge in [-0.15, -0.1) is 0 Å². The third-order valence-corrected chi connectivity index (χ3v) is 5.85. The second-order valence-corrected chi connectivity index (χ2v) is 7.21. The van der Waals surface area contributed by atoms with Crippen LogP contribution >= 0.6 is 11.6 Å². The van der Waals surface area contributed by atoms with Crippen LogP contribution in [0.5, 0.6) is 0 Å². The first-order chi connectivity index (χ1) is 9.46. The van der Waals surface area contributed by atoms with Crippen molar-refractivity contribution in [1.29, 1.82) is 0 Å². The van der Waals surface area contributed by atoms with Gasteiger partial charge in [-0.3, -0.25) is 0 Å². The predicted molar refractivity (Wildman–Crippen MR) is 78.4 cm³/mol. The molecular weight excluding hydrogens is 300 g/mol. The van der Waals surface area contributed by atoms with E-state index in [0.29, 0.717) is 26.2 Å². The number of ether oxygens (including phenoxy) is 1. The number of rotatable bonds is 5. The molecule has 2 rings (SSSR count). The van der Waals surface area contributed by atoms with Crippen LogP contribution in [0.15, 0.2) is 23.1 Å². The fourth-order valence-electron chi connectivity index (χ4n) is 2.22. The summed E-state index contributed by atoms with van der Waals surface area (Å²) in [6, 6.07) is 4.95. The van der Waals surface area contributed by atoms with Gasteiger partial charge in [-0.05, 0) is 31.2 Å². The van der Waals surface area contributed by atoms with Gasteiger partial charge < -0.3 is 10.1 Å². The molecule has 1 N–H and O–H groups in total. The number of hydrogen-bond donors (Lipinski definition) is 1. The highest BCUT2D eigenvalue weighted by atomic mass is 35.5. The normalized spacial score (nSPS) is 19.7. The topological polar surface area (TPSA) is 58.6 Å². The van der Waals surface area contributed by atoms with Crippen LogP contribution in [-0.2, 0) is 21.3 Å². The first-order valence-corrected chi connectivity index (χ1v) is 8.27. The van der Waals surface area contributed by atoms with Crippen molar-refractivity contribution in [3.05, 3.63) is 28.8 Å². The minimum absolute atomic E-state index is 0.121. The van der Waals surface area contributed by atoms with Gasteiger partial charge >= 0.3 is 0 Å². The zero-order chi connectivity index (χ0) is 14.8. The fourth-order valence-corrected chi connectivity index (χ4v) is 4.11. The molecule has 0 bridgehead atoms. The Morgan fingerprint density at radius 2 is 2.25 bits per heavy atom. The summed E-state index contributed by atoms with van der Waals surface area (Å²) in [5.41, 5.74) is 0.881. The minimum atomic E-state index is -3.60. The Morgan fingerprint density at radius 1 is 1.50 bits per heavy atom. The van der Waals surface area contributed by atoms with Gasteiger partial charge in [0.2, 0.25) is 10.0 Å². The lowest BCUT2D eigenvalue weighted by Gasteiger charge is -2.23. The molecule has 0 radical (unpaired) electrons. The Balaban J connectivity index is 2.34. The van der Waals surface area contributed by atoms with Gasteiger partial charge in [-0.2, -0.15) is 4.31 Å². The van der Waals surface area contributed by atoms with Gasteiger partial charge in [0, 0.05) is 20.2 Å². The third kappa shape index (κ3) is 3.15. The monoisotopic (exact) mass is 318 g/mol. The molecule has 1 aliphatic heterocycles. The van der Waals surface area contributed by atoms with E-state index in [9.17, 15) is 8.42 Å². The molecule has 1 saturated heterocycles. The standard InChI is InChI=1S/C13H19ClN2O3S/c1-15-8-10-3-4-12(14)13(7-10)20(17,18)16(2)11-5-6-19-9-11/h3-4,7,11,15H,5-6,8-9H2,1-2H3. The van der Waals surface area contributed by atoms with E-state index in [1.165, 1.54) is 4.31 Å². The van der Waals surface area contributed by atoms with Gasteiger partial charge in [0.05, 0.1) is 17.7 Å². The average molecular weight is 319 g/mol. The van der Waals surface area contributed by atoms with Crippen LogP contribution < -0.4 is 5.32 Å². The summed E-state index contributed by atoms with van der Waals surface area (Å²) >= 11 is 6.07. The number of hydrogen-bond acceptors (Lipinski definition) is 4. The molecule has 5 nitrogen and oxygen atoms in total. The Hall–Kier alpha value is -0.660. The van der Waals surface area contributed by atoms with Gasteiger partial charge in [0.15, 0.2) is 0 Å². The highest BCUT2D eigenvalue weighted by Crippen LogP contribution is 2.27. The van der Waals surface area contributed by atoms with Crippen molar-refractivity contribution in [3.63, 3.8) is 0 Å². The highest BCUT2D eigenvalue weighted by Gasteiger charge is 2.32. The van der Waals surface area contributed by atoms with Crippen molar-refractivity contribution < 1.29 is 13.2 Å². The molecule has 7 heteroatoms. The first-order valence-electron chi connectivity index (χ1n) is 6.45. The van der Waals surface area contributed by atoms with Crippen LogP contribution in [0.1, 0.15) is 12.0 Å². The minimum Gasteiger partial charge on any atom is -0.380 e. The number of nitrogens with one attached hydrogen (secondary N) is 1. The average Bonchev–Trinajstić information content (AvgIpc) is 2.94. The van der Waals surface area contributed by atoms with E-state index in [1.807, 2.05) is 13.1 Å². The lowest BCUT2D eigenvalue weighted by Crippen LogP contribution is -2.37. The van der Waals surface area contributed by atoms with Crippen molar-refractivity contribution in [3.8, 4) is 0 Å². The predicted octanol–water partition coefficient (Wildman–Crippen LogP) is 1.47. The summed E-state index contributed by atoms with van der Waals surface area (Å²) in [5.74, 6) is 0. The molecule has 0 spiro atoms. The van der Waals surface area contributed by atoms with Gasteiger partial charge in [-0.25, -0.2) is 8.42 Å². The fraction of sp³-hybridized carbons (Fsp3) is 0.538. The molecule has 20 heavy (non-hydrogen) atoms. The number of sulfonamides is 1. The summed E-state index contributed by atoms with van der Waals surface area (Å²) in [4.78, 5) is 0.154. The van der Waals surface area contributed by atoms with Gasteiger partial charge in [0.1, 0.15) is 4.90 Å².